The van der Waals surface area contributed by atoms with Gasteiger partial charge in [-0.1, -0.05) is 6.07 Å². The summed E-state index contributed by atoms with van der Waals surface area (Å²) in [5.74, 6) is -0.0775. The standard InChI is InChI=1S/C24H39N3O3S/c1-16(2)27(24(4,5)6)17(3)13-14-31(29,30)26-23(28)25-22-20-11-7-9-18(20)15-19-10-8-12-21(19)22/h15-17H,7-14H2,1-6H3,(H2,25,26,28). The Balaban J connectivity index is 1.65. The van der Waals surface area contributed by atoms with E-state index in [1.54, 1.807) is 0 Å². The molecule has 2 N–H and O–H groups in total. The average molecular weight is 450 g/mol. The number of sulfonamides is 1. The number of nitrogens with zero attached hydrogens (tertiary/aromatic N) is 1. The normalized spacial score (nSPS) is 17.0. The predicted octanol–water partition coefficient (Wildman–Crippen LogP) is 4.40. The first-order valence-corrected chi connectivity index (χ1v) is 13.3. The van der Waals surface area contributed by atoms with E-state index in [0.29, 0.717) is 12.5 Å². The number of carbonyl (C=O) groups excluding carboxylic acids is 1. The second-order valence-electron chi connectivity index (χ2n) is 10.4. The van der Waals surface area contributed by atoms with Crippen LogP contribution in [0, 0.1) is 0 Å². The quantitative estimate of drug-likeness (QED) is 0.647. The van der Waals surface area contributed by atoms with Crippen molar-refractivity contribution in [2.45, 2.75) is 104 Å². The van der Waals surface area contributed by atoms with Crippen LogP contribution in [0.15, 0.2) is 6.07 Å². The van der Waals surface area contributed by atoms with Crippen LogP contribution >= 0.6 is 0 Å². The van der Waals surface area contributed by atoms with Gasteiger partial charge >= 0.3 is 6.03 Å². The zero-order valence-corrected chi connectivity index (χ0v) is 20.8. The zero-order valence-electron chi connectivity index (χ0n) is 20.0. The van der Waals surface area contributed by atoms with Crippen LogP contribution in [0.4, 0.5) is 10.5 Å². The Morgan fingerprint density at radius 1 is 1.03 bits per heavy atom. The number of rotatable bonds is 7. The van der Waals surface area contributed by atoms with Crippen LogP contribution in [-0.2, 0) is 35.7 Å². The smallest absolute Gasteiger partial charge is 0.307 e. The van der Waals surface area contributed by atoms with Gasteiger partial charge in [-0.25, -0.2) is 17.9 Å². The van der Waals surface area contributed by atoms with Gasteiger partial charge in [0.15, 0.2) is 0 Å². The number of amides is 2. The fourth-order valence-electron chi connectivity index (χ4n) is 5.71. The summed E-state index contributed by atoms with van der Waals surface area (Å²) in [5.41, 5.74) is 5.81. The number of hydrogen-bond donors (Lipinski definition) is 2. The third kappa shape index (κ3) is 5.61. The molecule has 2 aliphatic rings. The molecular formula is C24H39N3O3S. The first-order valence-electron chi connectivity index (χ1n) is 11.7. The molecule has 1 aromatic rings. The molecule has 0 aliphatic heterocycles. The number of hydrogen-bond acceptors (Lipinski definition) is 4. The molecule has 0 saturated carbocycles. The largest absolute Gasteiger partial charge is 0.332 e. The van der Waals surface area contributed by atoms with Gasteiger partial charge in [0.2, 0.25) is 10.0 Å². The number of benzene rings is 1. The minimum absolute atomic E-state index is 0.0593. The van der Waals surface area contributed by atoms with Gasteiger partial charge in [-0.2, -0.15) is 0 Å². The summed E-state index contributed by atoms with van der Waals surface area (Å²) < 4.78 is 27.6. The Kier molecular flexibility index (Phi) is 7.06. The van der Waals surface area contributed by atoms with Crippen LogP contribution in [0.3, 0.4) is 0 Å². The van der Waals surface area contributed by atoms with Gasteiger partial charge in [0, 0.05) is 23.3 Å². The number of nitrogens with one attached hydrogen (secondary N) is 2. The first kappa shape index (κ1) is 24.1. The number of fused-ring (bicyclic) bond motifs is 2. The van der Waals surface area contributed by atoms with Crippen molar-refractivity contribution in [3.63, 3.8) is 0 Å². The average Bonchev–Trinajstić information content (AvgIpc) is 3.26. The van der Waals surface area contributed by atoms with Crippen LogP contribution < -0.4 is 10.0 Å². The fraction of sp³-hybridized carbons (Fsp3) is 0.708. The summed E-state index contributed by atoms with van der Waals surface area (Å²) in [7, 11) is -3.72. The zero-order chi connectivity index (χ0) is 23.0. The topological polar surface area (TPSA) is 78.5 Å². The molecule has 1 atom stereocenters. The molecule has 2 amide bonds. The maximum Gasteiger partial charge on any atom is 0.332 e. The molecular weight excluding hydrogens is 410 g/mol. The highest BCUT2D eigenvalue weighted by Gasteiger charge is 2.30. The molecule has 0 aromatic heterocycles. The molecule has 0 heterocycles. The van der Waals surface area contributed by atoms with Crippen molar-refractivity contribution in [2.75, 3.05) is 11.1 Å². The Morgan fingerprint density at radius 3 is 2.06 bits per heavy atom. The van der Waals surface area contributed by atoms with Crippen molar-refractivity contribution in [1.82, 2.24) is 9.62 Å². The van der Waals surface area contributed by atoms with Gasteiger partial charge in [0.25, 0.3) is 0 Å². The summed E-state index contributed by atoms with van der Waals surface area (Å²) in [4.78, 5) is 15.0. The number of aryl methyl sites for hydroxylation is 2. The fourth-order valence-corrected chi connectivity index (χ4v) is 6.79. The van der Waals surface area contributed by atoms with Gasteiger partial charge in [0.05, 0.1) is 5.75 Å². The van der Waals surface area contributed by atoms with Crippen LogP contribution in [0.2, 0.25) is 0 Å². The van der Waals surface area contributed by atoms with E-state index in [-0.39, 0.29) is 17.3 Å². The second kappa shape index (κ2) is 9.10. The summed E-state index contributed by atoms with van der Waals surface area (Å²) in [6.07, 6.45) is 6.61. The maximum atomic E-state index is 12.7. The molecule has 1 unspecified atom stereocenters. The van der Waals surface area contributed by atoms with Crippen molar-refractivity contribution in [3.05, 3.63) is 28.3 Å². The molecule has 174 valence electrons. The van der Waals surface area contributed by atoms with Crippen LogP contribution in [-0.4, -0.2) is 42.7 Å². The molecule has 1 aromatic carbocycles. The van der Waals surface area contributed by atoms with Crippen LogP contribution in [0.25, 0.3) is 0 Å². The van der Waals surface area contributed by atoms with Crippen LogP contribution in [0.5, 0.6) is 0 Å². The minimum Gasteiger partial charge on any atom is -0.307 e. The second-order valence-corrected chi connectivity index (χ2v) is 12.3. The lowest BCUT2D eigenvalue weighted by molar-refractivity contribution is 0.0545. The first-order chi connectivity index (χ1) is 14.4. The number of carbonyl (C=O) groups is 1. The molecule has 2 aliphatic carbocycles. The number of urea groups is 1. The summed E-state index contributed by atoms with van der Waals surface area (Å²) in [6, 6.07) is 2.04. The van der Waals surface area contributed by atoms with Crippen molar-refractivity contribution >= 4 is 21.7 Å². The summed E-state index contributed by atoms with van der Waals surface area (Å²) in [5, 5.41) is 2.91. The molecule has 0 radical (unpaired) electrons. The Bertz CT molecular complexity index is 900. The van der Waals surface area contributed by atoms with Gasteiger partial charge in [0.1, 0.15) is 0 Å². The van der Waals surface area contributed by atoms with Gasteiger partial charge < -0.3 is 5.32 Å². The third-order valence-corrected chi connectivity index (χ3v) is 7.84. The van der Waals surface area contributed by atoms with E-state index >= 15 is 0 Å². The molecule has 0 fully saturated rings. The highest BCUT2D eigenvalue weighted by Crippen LogP contribution is 2.38. The van der Waals surface area contributed by atoms with E-state index in [2.05, 4.69) is 62.5 Å². The Hall–Kier alpha value is -1.60. The van der Waals surface area contributed by atoms with Gasteiger partial charge in [-0.3, -0.25) is 4.90 Å². The molecule has 31 heavy (non-hydrogen) atoms. The molecule has 6 nitrogen and oxygen atoms in total. The van der Waals surface area contributed by atoms with Crippen molar-refractivity contribution in [1.29, 1.82) is 0 Å². The highest BCUT2D eigenvalue weighted by molar-refractivity contribution is 7.90. The van der Waals surface area contributed by atoms with Gasteiger partial charge in [-0.15, -0.1) is 0 Å². The minimum atomic E-state index is -3.72. The van der Waals surface area contributed by atoms with E-state index in [4.69, 9.17) is 0 Å². The lowest BCUT2D eigenvalue weighted by Crippen LogP contribution is -2.51. The molecule has 0 bridgehead atoms. The Labute approximate surface area is 188 Å². The monoisotopic (exact) mass is 449 g/mol. The lowest BCUT2D eigenvalue weighted by atomic mass is 9.99. The highest BCUT2D eigenvalue weighted by atomic mass is 32.2. The molecule has 3 rings (SSSR count). The molecule has 0 spiro atoms. The maximum absolute atomic E-state index is 12.7. The van der Waals surface area contributed by atoms with E-state index < -0.39 is 16.1 Å². The lowest BCUT2D eigenvalue weighted by Gasteiger charge is -2.43. The number of anilines is 1. The van der Waals surface area contributed by atoms with E-state index in [0.717, 1.165) is 44.2 Å². The SMILES string of the molecule is CC(C)N(C(C)CCS(=O)(=O)NC(=O)Nc1c2c(cc3c1CCC3)CCC2)C(C)(C)C. The predicted molar refractivity (Wildman–Crippen MR) is 127 cm³/mol. The van der Waals surface area contributed by atoms with Crippen molar-refractivity contribution < 1.29 is 13.2 Å². The third-order valence-electron chi connectivity index (χ3n) is 6.57. The molecule has 0 saturated heterocycles. The van der Waals surface area contributed by atoms with Crippen molar-refractivity contribution in [2.24, 2.45) is 0 Å². The van der Waals surface area contributed by atoms with E-state index in [1.165, 1.54) is 22.3 Å². The van der Waals surface area contributed by atoms with Crippen LogP contribution in [0.1, 0.15) is 83.1 Å². The van der Waals surface area contributed by atoms with Gasteiger partial charge in [-0.05, 0) is 109 Å². The van der Waals surface area contributed by atoms with E-state index in [1.807, 2.05) is 0 Å². The molecule has 7 heteroatoms. The summed E-state index contributed by atoms with van der Waals surface area (Å²) in [6.45, 7) is 12.7. The Morgan fingerprint density at radius 2 is 1.58 bits per heavy atom. The summed E-state index contributed by atoms with van der Waals surface area (Å²) >= 11 is 0. The van der Waals surface area contributed by atoms with Crippen molar-refractivity contribution in [3.8, 4) is 0 Å². The van der Waals surface area contributed by atoms with E-state index in [9.17, 15) is 13.2 Å².